The number of carboxylic acids is 1. The van der Waals surface area contributed by atoms with E-state index in [2.05, 4.69) is 5.32 Å². The standard InChI is InChI=1S/C23H25FN4O4/c1-13-10-17(14(2)25-19-12-15(24)4-5-16(19)22(30)31)20-18(11-13)21(29)27(3)23(26-20)28-6-8-32-9-7-28/h4-5,10-12,14,25H,6-9H2,1-3H3,(H,30,31). The third-order valence-corrected chi connectivity index (χ3v) is 5.68. The van der Waals surface area contributed by atoms with Crippen LogP contribution in [-0.4, -0.2) is 46.9 Å². The topological polar surface area (TPSA) is 96.7 Å². The number of halogens is 1. The monoisotopic (exact) mass is 440 g/mol. The lowest BCUT2D eigenvalue weighted by molar-refractivity contribution is 0.0698. The molecule has 1 aliphatic rings. The van der Waals surface area contributed by atoms with Gasteiger partial charge < -0.3 is 20.1 Å². The van der Waals surface area contributed by atoms with Crippen LogP contribution in [0.4, 0.5) is 16.0 Å². The molecular formula is C23H25FN4O4. The average Bonchev–Trinajstić information content (AvgIpc) is 2.76. The molecule has 1 atom stereocenters. The van der Waals surface area contributed by atoms with E-state index in [9.17, 15) is 19.1 Å². The molecule has 0 spiro atoms. The fourth-order valence-electron chi connectivity index (χ4n) is 4.05. The number of carbonyl (C=O) groups is 1. The Morgan fingerprint density at radius 3 is 2.66 bits per heavy atom. The maximum absolute atomic E-state index is 13.8. The zero-order chi connectivity index (χ0) is 23.0. The minimum atomic E-state index is -1.16. The Labute approximate surface area is 184 Å². The Bertz CT molecular complexity index is 1250. The number of aryl methyl sites for hydroxylation is 1. The van der Waals surface area contributed by atoms with Crippen molar-refractivity contribution in [2.45, 2.75) is 19.9 Å². The lowest BCUT2D eigenvalue weighted by Gasteiger charge is -2.29. The molecule has 2 heterocycles. The molecule has 1 fully saturated rings. The summed E-state index contributed by atoms with van der Waals surface area (Å²) in [5.41, 5.74) is 2.11. The first-order chi connectivity index (χ1) is 15.3. The lowest BCUT2D eigenvalue weighted by atomic mass is 10.0. The van der Waals surface area contributed by atoms with Gasteiger partial charge in [0.1, 0.15) is 5.82 Å². The third-order valence-electron chi connectivity index (χ3n) is 5.68. The van der Waals surface area contributed by atoms with E-state index in [1.165, 1.54) is 6.07 Å². The second kappa shape index (κ2) is 8.58. The molecule has 1 saturated heterocycles. The first kappa shape index (κ1) is 21.8. The summed E-state index contributed by atoms with van der Waals surface area (Å²) in [5, 5.41) is 13.0. The van der Waals surface area contributed by atoms with Crippen molar-refractivity contribution >= 4 is 28.5 Å². The van der Waals surface area contributed by atoms with Gasteiger partial charge in [-0.3, -0.25) is 9.36 Å². The van der Waals surface area contributed by atoms with E-state index in [-0.39, 0.29) is 16.8 Å². The maximum atomic E-state index is 13.8. The van der Waals surface area contributed by atoms with Gasteiger partial charge in [0.25, 0.3) is 5.56 Å². The van der Waals surface area contributed by atoms with Gasteiger partial charge in [0, 0.05) is 25.7 Å². The Balaban J connectivity index is 1.83. The first-order valence-electron chi connectivity index (χ1n) is 10.4. The van der Waals surface area contributed by atoms with Crippen LogP contribution >= 0.6 is 0 Å². The van der Waals surface area contributed by atoms with Gasteiger partial charge in [-0.15, -0.1) is 0 Å². The van der Waals surface area contributed by atoms with E-state index in [0.29, 0.717) is 43.2 Å². The molecule has 1 aromatic heterocycles. The van der Waals surface area contributed by atoms with Crippen molar-refractivity contribution in [2.24, 2.45) is 7.05 Å². The van der Waals surface area contributed by atoms with Gasteiger partial charge >= 0.3 is 5.97 Å². The van der Waals surface area contributed by atoms with Crippen LogP contribution in [-0.2, 0) is 11.8 Å². The predicted molar refractivity (Wildman–Crippen MR) is 120 cm³/mol. The molecule has 4 rings (SSSR count). The zero-order valence-electron chi connectivity index (χ0n) is 18.2. The van der Waals surface area contributed by atoms with E-state index in [1.807, 2.05) is 24.8 Å². The summed E-state index contributed by atoms with van der Waals surface area (Å²) in [6.45, 7) is 6.10. The molecule has 1 unspecified atom stereocenters. The Hall–Kier alpha value is -3.46. The minimum absolute atomic E-state index is 0.0342. The molecular weight excluding hydrogens is 415 g/mol. The molecule has 2 N–H and O–H groups in total. The Morgan fingerprint density at radius 2 is 1.97 bits per heavy atom. The van der Waals surface area contributed by atoms with E-state index in [0.717, 1.165) is 23.3 Å². The normalized spacial score (nSPS) is 15.1. The Morgan fingerprint density at radius 1 is 1.25 bits per heavy atom. The van der Waals surface area contributed by atoms with Gasteiger partial charge in [-0.1, -0.05) is 6.07 Å². The SMILES string of the molecule is Cc1cc(C(C)Nc2cc(F)ccc2C(=O)O)c2nc(N3CCOCC3)n(C)c(=O)c2c1. The molecule has 0 aliphatic carbocycles. The van der Waals surface area contributed by atoms with Gasteiger partial charge in [-0.2, -0.15) is 0 Å². The zero-order valence-corrected chi connectivity index (χ0v) is 18.2. The number of hydrogen-bond acceptors (Lipinski definition) is 6. The number of carboxylic acid groups (broad SMARTS) is 1. The highest BCUT2D eigenvalue weighted by Crippen LogP contribution is 2.29. The molecule has 1 aliphatic heterocycles. The highest BCUT2D eigenvalue weighted by molar-refractivity contribution is 5.94. The van der Waals surface area contributed by atoms with Crippen LogP contribution in [0.25, 0.3) is 10.9 Å². The van der Waals surface area contributed by atoms with Crippen molar-refractivity contribution in [2.75, 3.05) is 36.5 Å². The second-order valence-electron chi connectivity index (χ2n) is 7.99. The highest BCUT2D eigenvalue weighted by atomic mass is 19.1. The lowest BCUT2D eigenvalue weighted by Crippen LogP contribution is -2.40. The molecule has 9 heteroatoms. The smallest absolute Gasteiger partial charge is 0.337 e. The molecule has 0 saturated carbocycles. The number of fused-ring (bicyclic) bond motifs is 1. The van der Waals surface area contributed by atoms with Gasteiger partial charge in [-0.25, -0.2) is 14.2 Å². The van der Waals surface area contributed by atoms with Crippen LogP contribution in [0.5, 0.6) is 0 Å². The van der Waals surface area contributed by atoms with E-state index < -0.39 is 17.8 Å². The molecule has 168 valence electrons. The summed E-state index contributed by atoms with van der Waals surface area (Å²) in [6.07, 6.45) is 0. The number of morpholine rings is 1. The summed E-state index contributed by atoms with van der Waals surface area (Å²) >= 11 is 0. The summed E-state index contributed by atoms with van der Waals surface area (Å²) in [7, 11) is 1.70. The fraction of sp³-hybridized carbons (Fsp3) is 0.348. The van der Waals surface area contributed by atoms with Gasteiger partial charge in [0.2, 0.25) is 5.95 Å². The van der Waals surface area contributed by atoms with Crippen LogP contribution in [0, 0.1) is 12.7 Å². The second-order valence-corrected chi connectivity index (χ2v) is 7.99. The molecule has 2 aromatic carbocycles. The van der Waals surface area contributed by atoms with Crippen LogP contribution in [0.3, 0.4) is 0 Å². The molecule has 0 amide bonds. The van der Waals surface area contributed by atoms with Crippen molar-refractivity contribution in [1.29, 1.82) is 0 Å². The number of aromatic carboxylic acids is 1. The molecule has 8 nitrogen and oxygen atoms in total. The average molecular weight is 440 g/mol. The summed E-state index contributed by atoms with van der Waals surface area (Å²) in [5.74, 6) is -1.14. The summed E-state index contributed by atoms with van der Waals surface area (Å²) < 4.78 is 20.8. The molecule has 32 heavy (non-hydrogen) atoms. The van der Waals surface area contributed by atoms with Crippen LogP contribution in [0.15, 0.2) is 35.1 Å². The van der Waals surface area contributed by atoms with Crippen molar-refractivity contribution in [3.63, 3.8) is 0 Å². The fourth-order valence-corrected chi connectivity index (χ4v) is 4.05. The van der Waals surface area contributed by atoms with Crippen molar-refractivity contribution in [3.8, 4) is 0 Å². The van der Waals surface area contributed by atoms with E-state index >= 15 is 0 Å². The summed E-state index contributed by atoms with van der Waals surface area (Å²) in [4.78, 5) is 31.6. The van der Waals surface area contributed by atoms with Crippen molar-refractivity contribution < 1.29 is 19.0 Å². The number of ether oxygens (including phenoxy) is 1. The third kappa shape index (κ3) is 4.03. The molecule has 0 bridgehead atoms. The number of hydrogen-bond donors (Lipinski definition) is 2. The number of benzene rings is 2. The van der Waals surface area contributed by atoms with Crippen molar-refractivity contribution in [3.05, 3.63) is 63.2 Å². The van der Waals surface area contributed by atoms with E-state index in [4.69, 9.17) is 9.72 Å². The predicted octanol–water partition coefficient (Wildman–Crippen LogP) is 3.09. The van der Waals surface area contributed by atoms with Gasteiger partial charge in [0.05, 0.1) is 41.4 Å². The molecule has 3 aromatic rings. The van der Waals surface area contributed by atoms with Gasteiger partial charge in [-0.05, 0) is 43.7 Å². The highest BCUT2D eigenvalue weighted by Gasteiger charge is 2.22. The quantitative estimate of drug-likeness (QED) is 0.629. The Kier molecular flexibility index (Phi) is 5.84. The minimum Gasteiger partial charge on any atom is -0.478 e. The first-order valence-corrected chi connectivity index (χ1v) is 10.4. The maximum Gasteiger partial charge on any atom is 0.337 e. The van der Waals surface area contributed by atoms with Crippen molar-refractivity contribution in [1.82, 2.24) is 9.55 Å². The number of rotatable bonds is 5. The number of nitrogens with zero attached hydrogens (tertiary/aromatic N) is 3. The largest absolute Gasteiger partial charge is 0.478 e. The van der Waals surface area contributed by atoms with Crippen LogP contribution in [0.2, 0.25) is 0 Å². The number of anilines is 2. The number of nitrogens with one attached hydrogen (secondary N) is 1. The van der Waals surface area contributed by atoms with E-state index in [1.54, 1.807) is 17.7 Å². The van der Waals surface area contributed by atoms with Crippen LogP contribution < -0.4 is 15.8 Å². The summed E-state index contributed by atoms with van der Waals surface area (Å²) in [6, 6.07) is 6.77. The van der Waals surface area contributed by atoms with Crippen LogP contribution in [0.1, 0.15) is 34.5 Å². The molecule has 0 radical (unpaired) electrons. The van der Waals surface area contributed by atoms with Gasteiger partial charge in [0.15, 0.2) is 0 Å². The number of aromatic nitrogens is 2.